The lowest BCUT2D eigenvalue weighted by Gasteiger charge is -2.47. The lowest BCUT2D eigenvalue weighted by Crippen LogP contribution is -2.63. The van der Waals surface area contributed by atoms with Gasteiger partial charge in [-0.1, -0.05) is 24.3 Å². The number of para-hydroxylation sites is 1. The second-order valence-corrected chi connectivity index (χ2v) is 9.81. The number of carbonyl (C=O) groups excluding carboxylic acids is 2. The first-order valence-electron chi connectivity index (χ1n) is 12.8. The summed E-state index contributed by atoms with van der Waals surface area (Å²) in [5, 5.41) is 1.09. The molecule has 0 spiro atoms. The number of benzene rings is 2. The average Bonchev–Trinajstić information content (AvgIpc) is 3.31. The van der Waals surface area contributed by atoms with Gasteiger partial charge in [-0.25, -0.2) is 0 Å². The zero-order chi connectivity index (χ0) is 25.5. The molecule has 0 saturated carbocycles. The van der Waals surface area contributed by atoms with Gasteiger partial charge in [-0.2, -0.15) is 0 Å². The Morgan fingerprint density at radius 2 is 1.78 bits per heavy atom. The minimum atomic E-state index is -0.559. The van der Waals surface area contributed by atoms with Crippen LogP contribution in [0.15, 0.2) is 42.5 Å². The highest BCUT2D eigenvalue weighted by Crippen LogP contribution is 2.44. The van der Waals surface area contributed by atoms with E-state index in [1.54, 1.807) is 24.0 Å². The molecule has 194 valence electrons. The molecule has 2 atom stereocenters. The largest absolute Gasteiger partial charge is 0.493 e. The maximum absolute atomic E-state index is 13.9. The lowest BCUT2D eigenvalue weighted by molar-refractivity contribution is -0.158. The summed E-state index contributed by atoms with van der Waals surface area (Å²) in [6.45, 7) is 4.48. The van der Waals surface area contributed by atoms with Gasteiger partial charge in [-0.3, -0.25) is 14.5 Å². The van der Waals surface area contributed by atoms with Crippen LogP contribution in [0.5, 0.6) is 11.5 Å². The van der Waals surface area contributed by atoms with Crippen molar-refractivity contribution in [1.29, 1.82) is 0 Å². The van der Waals surface area contributed by atoms with E-state index in [-0.39, 0.29) is 18.4 Å². The van der Waals surface area contributed by atoms with Gasteiger partial charge in [0.25, 0.3) is 0 Å². The summed E-state index contributed by atoms with van der Waals surface area (Å²) in [6, 6.07) is 12.8. The van der Waals surface area contributed by atoms with E-state index >= 15 is 0 Å². The summed E-state index contributed by atoms with van der Waals surface area (Å²) in [4.78, 5) is 37.0. The Hall–Kier alpha value is -3.56. The van der Waals surface area contributed by atoms with Crippen LogP contribution in [-0.4, -0.2) is 97.7 Å². The molecular weight excluding hydrogens is 472 g/mol. The van der Waals surface area contributed by atoms with Crippen LogP contribution < -0.4 is 9.47 Å². The number of nitrogens with zero attached hydrogens (tertiary/aromatic N) is 3. The molecule has 2 saturated heterocycles. The molecule has 1 aromatic heterocycles. The SMILES string of the molecule is COc1ccc(C2c3[nH]c4ccccc4c3CC3C(=O)N(CCN4CCOCC4)CC(=O)N32)cc1OC. The molecule has 1 N–H and O–H groups in total. The monoisotopic (exact) mass is 504 g/mol. The van der Waals surface area contributed by atoms with E-state index < -0.39 is 12.1 Å². The minimum absolute atomic E-state index is 0.00858. The van der Waals surface area contributed by atoms with E-state index in [4.69, 9.17) is 14.2 Å². The van der Waals surface area contributed by atoms with Gasteiger partial charge < -0.3 is 29.0 Å². The summed E-state index contributed by atoms with van der Waals surface area (Å²) < 4.78 is 16.5. The summed E-state index contributed by atoms with van der Waals surface area (Å²) in [6.07, 6.45) is 0.488. The number of methoxy groups -OCH3 is 2. The topological polar surface area (TPSA) is 87.3 Å². The molecule has 0 bridgehead atoms. The zero-order valence-electron chi connectivity index (χ0n) is 21.2. The number of morpholine rings is 1. The fourth-order valence-corrected chi connectivity index (χ4v) is 5.97. The Labute approximate surface area is 215 Å². The Bertz CT molecular complexity index is 1330. The third kappa shape index (κ3) is 4.12. The predicted octanol–water partition coefficient (Wildman–Crippen LogP) is 2.20. The summed E-state index contributed by atoms with van der Waals surface area (Å²) in [5.41, 5.74) is 3.92. The number of rotatable bonds is 6. The van der Waals surface area contributed by atoms with Crippen LogP contribution in [0.1, 0.15) is 22.9 Å². The highest BCUT2D eigenvalue weighted by molar-refractivity contribution is 5.97. The number of ether oxygens (including phenoxy) is 3. The molecule has 0 aliphatic carbocycles. The predicted molar refractivity (Wildman–Crippen MR) is 138 cm³/mol. The van der Waals surface area contributed by atoms with E-state index in [0.29, 0.717) is 37.7 Å². The second kappa shape index (κ2) is 9.72. The summed E-state index contributed by atoms with van der Waals surface area (Å²) in [5.74, 6) is 1.17. The number of fused-ring (bicyclic) bond motifs is 4. The quantitative estimate of drug-likeness (QED) is 0.554. The standard InChI is InChI=1S/C28H32N4O5/c1-35-23-8-7-18(15-24(23)36-2)27-26-20(19-5-3-4-6-21(19)29-26)16-22-28(34)31(17-25(33)32(22)27)10-9-30-11-13-37-14-12-30/h3-8,15,22,27,29H,9-14,16-17H2,1-2H3. The molecule has 6 rings (SSSR count). The Balaban J connectivity index is 1.39. The van der Waals surface area contributed by atoms with Crippen molar-refractivity contribution in [2.45, 2.75) is 18.5 Å². The first-order chi connectivity index (χ1) is 18.1. The van der Waals surface area contributed by atoms with Crippen molar-refractivity contribution in [2.24, 2.45) is 0 Å². The number of aromatic amines is 1. The summed E-state index contributed by atoms with van der Waals surface area (Å²) in [7, 11) is 3.20. The van der Waals surface area contributed by atoms with Crippen LogP contribution in [0.3, 0.4) is 0 Å². The Kier molecular flexibility index (Phi) is 6.26. The number of hydrogen-bond acceptors (Lipinski definition) is 6. The van der Waals surface area contributed by atoms with E-state index in [2.05, 4.69) is 16.0 Å². The van der Waals surface area contributed by atoms with Gasteiger partial charge in [0.15, 0.2) is 11.5 Å². The molecule has 37 heavy (non-hydrogen) atoms. The van der Waals surface area contributed by atoms with Crippen molar-refractivity contribution in [3.63, 3.8) is 0 Å². The fraction of sp³-hybridized carbons (Fsp3) is 0.429. The summed E-state index contributed by atoms with van der Waals surface area (Å²) >= 11 is 0. The lowest BCUT2D eigenvalue weighted by atomic mass is 9.86. The number of amides is 2. The molecule has 2 fully saturated rings. The van der Waals surface area contributed by atoms with Gasteiger partial charge in [-0.15, -0.1) is 0 Å². The number of aromatic nitrogens is 1. The van der Waals surface area contributed by atoms with Crippen molar-refractivity contribution in [2.75, 3.05) is 60.2 Å². The fourth-order valence-electron chi connectivity index (χ4n) is 5.97. The first kappa shape index (κ1) is 23.8. The molecular formula is C28H32N4O5. The van der Waals surface area contributed by atoms with Gasteiger partial charge in [0.1, 0.15) is 6.04 Å². The maximum atomic E-state index is 13.9. The van der Waals surface area contributed by atoms with Gasteiger partial charge in [-0.05, 0) is 29.3 Å². The molecule has 2 unspecified atom stereocenters. The minimum Gasteiger partial charge on any atom is -0.493 e. The smallest absolute Gasteiger partial charge is 0.246 e. The van der Waals surface area contributed by atoms with Crippen LogP contribution >= 0.6 is 0 Å². The maximum Gasteiger partial charge on any atom is 0.246 e. The number of nitrogens with one attached hydrogen (secondary N) is 1. The molecule has 2 aromatic carbocycles. The van der Waals surface area contributed by atoms with Crippen LogP contribution in [0.2, 0.25) is 0 Å². The number of carbonyl (C=O) groups is 2. The van der Waals surface area contributed by atoms with E-state index in [9.17, 15) is 9.59 Å². The van der Waals surface area contributed by atoms with Crippen molar-refractivity contribution in [3.8, 4) is 11.5 Å². The number of piperazine rings is 1. The van der Waals surface area contributed by atoms with Gasteiger partial charge >= 0.3 is 0 Å². The Morgan fingerprint density at radius 1 is 1.00 bits per heavy atom. The highest BCUT2D eigenvalue weighted by Gasteiger charge is 2.48. The van der Waals surface area contributed by atoms with Crippen LogP contribution in [0, 0.1) is 0 Å². The van der Waals surface area contributed by atoms with Crippen LogP contribution in [-0.2, 0) is 20.7 Å². The van der Waals surface area contributed by atoms with Crippen LogP contribution in [0.4, 0.5) is 0 Å². The third-order valence-electron chi connectivity index (χ3n) is 7.86. The molecule has 9 nitrogen and oxygen atoms in total. The molecule has 3 aliphatic rings. The number of hydrogen-bond donors (Lipinski definition) is 1. The van der Waals surface area contributed by atoms with E-state index in [1.165, 1.54) is 0 Å². The van der Waals surface area contributed by atoms with E-state index in [1.807, 2.05) is 36.4 Å². The molecule has 0 radical (unpaired) electrons. The van der Waals surface area contributed by atoms with E-state index in [0.717, 1.165) is 47.4 Å². The molecule has 3 aromatic rings. The van der Waals surface area contributed by atoms with Gasteiger partial charge in [0.2, 0.25) is 11.8 Å². The van der Waals surface area contributed by atoms with Crippen molar-refractivity contribution in [1.82, 2.24) is 19.7 Å². The van der Waals surface area contributed by atoms with Gasteiger partial charge in [0, 0.05) is 49.2 Å². The molecule has 4 heterocycles. The molecule has 9 heteroatoms. The van der Waals surface area contributed by atoms with Crippen LogP contribution in [0.25, 0.3) is 10.9 Å². The van der Waals surface area contributed by atoms with Crippen molar-refractivity contribution < 1.29 is 23.8 Å². The van der Waals surface area contributed by atoms with Crippen molar-refractivity contribution >= 4 is 22.7 Å². The van der Waals surface area contributed by atoms with Crippen molar-refractivity contribution in [3.05, 3.63) is 59.3 Å². The second-order valence-electron chi connectivity index (χ2n) is 9.81. The molecule has 3 aliphatic heterocycles. The molecule has 2 amide bonds. The first-order valence-corrected chi connectivity index (χ1v) is 12.8. The van der Waals surface area contributed by atoms with Gasteiger partial charge in [0.05, 0.1) is 40.0 Å². The zero-order valence-corrected chi connectivity index (χ0v) is 21.2. The Morgan fingerprint density at radius 3 is 2.57 bits per heavy atom. The third-order valence-corrected chi connectivity index (χ3v) is 7.86. The number of H-pyrrole nitrogens is 1. The average molecular weight is 505 g/mol. The normalized spacial score (nSPS) is 22.2. The highest BCUT2D eigenvalue weighted by atomic mass is 16.5.